The van der Waals surface area contributed by atoms with E-state index in [2.05, 4.69) is 11.1 Å². The van der Waals surface area contributed by atoms with Crippen LogP contribution in [0.25, 0.3) is 0 Å². The molecule has 5 heteroatoms. The highest BCUT2D eigenvalue weighted by atomic mass is 15.1. The number of imidazole rings is 1. The Morgan fingerprint density at radius 2 is 2.00 bits per heavy atom. The molecule has 17 heavy (non-hydrogen) atoms. The molecule has 86 valence electrons. The van der Waals surface area contributed by atoms with Crippen molar-refractivity contribution in [3.8, 4) is 18.2 Å². The van der Waals surface area contributed by atoms with Gasteiger partial charge < -0.3 is 4.57 Å². The van der Waals surface area contributed by atoms with Crippen LogP contribution in [0.1, 0.15) is 38.1 Å². The Balaban J connectivity index is 2.67. The van der Waals surface area contributed by atoms with Crippen LogP contribution in [0, 0.1) is 39.4 Å². The molecule has 0 spiro atoms. The van der Waals surface area contributed by atoms with Crippen LogP contribution in [-0.2, 0) is 6.54 Å². The SMILES string of the molecule is CC(C)(C#N)CCCn1cnc(C#N)c1C#N. The summed E-state index contributed by atoms with van der Waals surface area (Å²) in [6.07, 6.45) is 3.02. The summed E-state index contributed by atoms with van der Waals surface area (Å²) in [6, 6.07) is 6.08. The number of hydrogen-bond acceptors (Lipinski definition) is 4. The molecule has 0 radical (unpaired) electrons. The average Bonchev–Trinajstić information content (AvgIpc) is 2.71. The summed E-state index contributed by atoms with van der Waals surface area (Å²) >= 11 is 0. The smallest absolute Gasteiger partial charge is 0.176 e. The zero-order valence-electron chi connectivity index (χ0n) is 9.93. The van der Waals surface area contributed by atoms with Gasteiger partial charge in [0.25, 0.3) is 0 Å². The van der Waals surface area contributed by atoms with Crippen LogP contribution >= 0.6 is 0 Å². The van der Waals surface area contributed by atoms with Gasteiger partial charge in [0.15, 0.2) is 11.4 Å². The van der Waals surface area contributed by atoms with Gasteiger partial charge in [-0.3, -0.25) is 0 Å². The van der Waals surface area contributed by atoms with Crippen molar-refractivity contribution in [3.63, 3.8) is 0 Å². The maximum Gasteiger partial charge on any atom is 0.176 e. The predicted octanol–water partition coefficient (Wildman–Crippen LogP) is 1.96. The van der Waals surface area contributed by atoms with Gasteiger partial charge in [-0.1, -0.05) is 0 Å². The lowest BCUT2D eigenvalue weighted by atomic mass is 9.90. The minimum Gasteiger partial charge on any atom is -0.321 e. The molecule has 1 rings (SSSR count). The second-order valence-electron chi connectivity index (χ2n) is 4.46. The van der Waals surface area contributed by atoms with Crippen LogP contribution in [0.2, 0.25) is 0 Å². The number of hydrogen-bond donors (Lipinski definition) is 0. The summed E-state index contributed by atoms with van der Waals surface area (Å²) in [6.45, 7) is 4.36. The Kier molecular flexibility index (Phi) is 3.86. The molecular formula is C12H13N5. The molecule has 0 N–H and O–H groups in total. The third kappa shape index (κ3) is 3.06. The molecular weight excluding hydrogens is 214 g/mol. The Hall–Kier alpha value is -2.32. The van der Waals surface area contributed by atoms with E-state index < -0.39 is 0 Å². The second kappa shape index (κ2) is 5.14. The average molecular weight is 227 g/mol. The Labute approximate surface area is 101 Å². The second-order valence-corrected chi connectivity index (χ2v) is 4.46. The van der Waals surface area contributed by atoms with E-state index in [0.29, 0.717) is 12.2 Å². The molecule has 0 saturated heterocycles. The molecule has 5 nitrogen and oxygen atoms in total. The standard InChI is InChI=1S/C12H13N5/c1-12(2,8-15)4-3-5-17-9-16-10(6-13)11(17)7-14/h9H,3-5H2,1-2H3. The highest BCUT2D eigenvalue weighted by Gasteiger charge is 2.16. The van der Waals surface area contributed by atoms with Gasteiger partial charge in [-0.15, -0.1) is 0 Å². The van der Waals surface area contributed by atoms with E-state index in [0.717, 1.165) is 12.8 Å². The van der Waals surface area contributed by atoms with Crippen LogP contribution in [0.5, 0.6) is 0 Å². The third-order valence-corrected chi connectivity index (χ3v) is 2.55. The van der Waals surface area contributed by atoms with Crippen molar-refractivity contribution >= 4 is 0 Å². The van der Waals surface area contributed by atoms with Crippen molar-refractivity contribution < 1.29 is 0 Å². The summed E-state index contributed by atoms with van der Waals surface area (Å²) in [5.41, 5.74) is 0.0974. The minimum atomic E-state index is -0.356. The molecule has 0 amide bonds. The Bertz CT molecular complexity index is 519. The van der Waals surface area contributed by atoms with E-state index in [1.807, 2.05) is 26.0 Å². The number of rotatable bonds is 4. The maximum atomic E-state index is 8.91. The van der Waals surface area contributed by atoms with E-state index in [-0.39, 0.29) is 11.1 Å². The van der Waals surface area contributed by atoms with Crippen molar-refractivity contribution in [1.29, 1.82) is 15.8 Å². The first-order valence-electron chi connectivity index (χ1n) is 5.30. The fourth-order valence-corrected chi connectivity index (χ4v) is 1.50. The zero-order chi connectivity index (χ0) is 12.9. The minimum absolute atomic E-state index is 0.159. The Morgan fingerprint density at radius 3 is 2.53 bits per heavy atom. The van der Waals surface area contributed by atoms with Crippen molar-refractivity contribution in [3.05, 3.63) is 17.7 Å². The zero-order valence-corrected chi connectivity index (χ0v) is 9.93. The summed E-state index contributed by atoms with van der Waals surface area (Å²) in [7, 11) is 0. The summed E-state index contributed by atoms with van der Waals surface area (Å²) in [5, 5.41) is 26.5. The Morgan fingerprint density at radius 1 is 1.29 bits per heavy atom. The van der Waals surface area contributed by atoms with Crippen molar-refractivity contribution in [1.82, 2.24) is 9.55 Å². The van der Waals surface area contributed by atoms with Crippen LogP contribution in [-0.4, -0.2) is 9.55 Å². The maximum absolute atomic E-state index is 8.91. The number of nitriles is 3. The fraction of sp³-hybridized carbons (Fsp3) is 0.500. The number of aryl methyl sites for hydroxylation is 1. The van der Waals surface area contributed by atoms with E-state index >= 15 is 0 Å². The molecule has 0 aliphatic heterocycles. The molecule has 0 fully saturated rings. The van der Waals surface area contributed by atoms with Crippen molar-refractivity contribution in [2.45, 2.75) is 33.2 Å². The molecule has 0 saturated carbocycles. The van der Waals surface area contributed by atoms with Gasteiger partial charge in [-0.2, -0.15) is 15.8 Å². The lowest BCUT2D eigenvalue weighted by Crippen LogP contribution is -2.10. The molecule has 1 aromatic rings. The first kappa shape index (κ1) is 12.7. The topological polar surface area (TPSA) is 89.2 Å². The monoisotopic (exact) mass is 227 g/mol. The largest absolute Gasteiger partial charge is 0.321 e. The first-order chi connectivity index (χ1) is 8.04. The van der Waals surface area contributed by atoms with E-state index in [9.17, 15) is 0 Å². The number of aromatic nitrogens is 2. The summed E-state index contributed by atoms with van der Waals surface area (Å²) in [4.78, 5) is 3.86. The van der Waals surface area contributed by atoms with Crippen LogP contribution < -0.4 is 0 Å². The van der Waals surface area contributed by atoms with Gasteiger partial charge in [0, 0.05) is 6.54 Å². The van der Waals surface area contributed by atoms with E-state index in [1.165, 1.54) is 6.33 Å². The van der Waals surface area contributed by atoms with Crippen LogP contribution in [0.4, 0.5) is 0 Å². The van der Waals surface area contributed by atoms with Crippen LogP contribution in [0.3, 0.4) is 0 Å². The first-order valence-corrected chi connectivity index (χ1v) is 5.30. The molecule has 0 bridgehead atoms. The lowest BCUT2D eigenvalue weighted by Gasteiger charge is -2.14. The highest BCUT2D eigenvalue weighted by molar-refractivity contribution is 5.35. The molecule has 0 aliphatic rings. The van der Waals surface area contributed by atoms with Gasteiger partial charge in [0.2, 0.25) is 0 Å². The molecule has 0 atom stereocenters. The van der Waals surface area contributed by atoms with Gasteiger partial charge >= 0.3 is 0 Å². The highest BCUT2D eigenvalue weighted by Crippen LogP contribution is 2.21. The van der Waals surface area contributed by atoms with Crippen LogP contribution in [0.15, 0.2) is 6.33 Å². The molecule has 0 unspecified atom stereocenters. The molecule has 1 heterocycles. The number of nitrogens with zero attached hydrogens (tertiary/aromatic N) is 5. The normalized spacial score (nSPS) is 10.3. The predicted molar refractivity (Wildman–Crippen MR) is 60.3 cm³/mol. The van der Waals surface area contributed by atoms with E-state index in [4.69, 9.17) is 15.8 Å². The fourth-order valence-electron chi connectivity index (χ4n) is 1.50. The van der Waals surface area contributed by atoms with E-state index in [1.54, 1.807) is 4.57 Å². The lowest BCUT2D eigenvalue weighted by molar-refractivity contribution is 0.415. The molecule has 1 aromatic heterocycles. The van der Waals surface area contributed by atoms with Gasteiger partial charge in [-0.25, -0.2) is 4.98 Å². The third-order valence-electron chi connectivity index (χ3n) is 2.55. The summed E-state index contributed by atoms with van der Waals surface area (Å²) < 4.78 is 1.66. The molecule has 0 aromatic carbocycles. The van der Waals surface area contributed by atoms with Crippen molar-refractivity contribution in [2.24, 2.45) is 5.41 Å². The van der Waals surface area contributed by atoms with Gasteiger partial charge in [0.05, 0.1) is 17.8 Å². The summed E-state index contributed by atoms with van der Waals surface area (Å²) in [5.74, 6) is 0. The van der Waals surface area contributed by atoms with Gasteiger partial charge in [0.1, 0.15) is 12.1 Å². The quantitative estimate of drug-likeness (QED) is 0.786. The van der Waals surface area contributed by atoms with Gasteiger partial charge in [-0.05, 0) is 26.7 Å². The van der Waals surface area contributed by atoms with Crippen molar-refractivity contribution in [2.75, 3.05) is 0 Å². The molecule has 0 aliphatic carbocycles.